The average molecular weight is 253 g/mol. The number of nitrogens with one attached hydrogen (secondary N) is 1. The lowest BCUT2D eigenvalue weighted by atomic mass is 10.3. The van der Waals surface area contributed by atoms with Gasteiger partial charge in [-0.3, -0.25) is 4.72 Å². The summed E-state index contributed by atoms with van der Waals surface area (Å²) >= 11 is 1.23. The Bertz CT molecular complexity index is 573. The molecule has 0 unspecified atom stereocenters. The molecule has 5 heteroatoms. The van der Waals surface area contributed by atoms with Crippen molar-refractivity contribution in [2.24, 2.45) is 0 Å². The number of hydrogen-bond donors (Lipinski definition) is 1. The standard InChI is InChI=1S/C11H11NO2S2/c1-9-7-11(15-8-9)16(13,14)12-10-5-3-2-4-6-10/h2-8,12H,1H3. The van der Waals surface area contributed by atoms with E-state index in [2.05, 4.69) is 4.72 Å². The molecule has 0 spiro atoms. The first kappa shape index (κ1) is 11.2. The number of benzene rings is 1. The quantitative estimate of drug-likeness (QED) is 0.914. The van der Waals surface area contributed by atoms with Crippen LogP contribution in [0.15, 0.2) is 46.0 Å². The van der Waals surface area contributed by atoms with Crippen molar-refractivity contribution < 1.29 is 8.42 Å². The van der Waals surface area contributed by atoms with Crippen LogP contribution in [0, 0.1) is 6.92 Å². The molecule has 0 amide bonds. The van der Waals surface area contributed by atoms with E-state index >= 15 is 0 Å². The van der Waals surface area contributed by atoms with Crippen LogP contribution in [0.3, 0.4) is 0 Å². The Labute approximate surface area is 98.8 Å². The lowest BCUT2D eigenvalue weighted by molar-refractivity contribution is 0.603. The Balaban J connectivity index is 2.28. The Morgan fingerprint density at radius 3 is 2.44 bits per heavy atom. The van der Waals surface area contributed by atoms with Gasteiger partial charge in [0.25, 0.3) is 10.0 Å². The normalized spacial score (nSPS) is 11.3. The molecule has 0 atom stereocenters. The lowest BCUT2D eigenvalue weighted by Crippen LogP contribution is -2.11. The van der Waals surface area contributed by atoms with Gasteiger partial charge in [-0.1, -0.05) is 18.2 Å². The van der Waals surface area contributed by atoms with Crippen LogP contribution in [0.1, 0.15) is 5.56 Å². The van der Waals surface area contributed by atoms with Crippen LogP contribution in [0.25, 0.3) is 0 Å². The first-order chi connectivity index (χ1) is 7.58. The van der Waals surface area contributed by atoms with Gasteiger partial charge in [-0.25, -0.2) is 8.42 Å². The molecule has 1 aromatic carbocycles. The van der Waals surface area contributed by atoms with E-state index in [1.54, 1.807) is 30.3 Å². The lowest BCUT2D eigenvalue weighted by Gasteiger charge is -2.05. The number of thiophene rings is 1. The molecule has 3 nitrogen and oxygen atoms in total. The highest BCUT2D eigenvalue weighted by molar-refractivity contribution is 7.94. The summed E-state index contributed by atoms with van der Waals surface area (Å²) in [6.45, 7) is 1.87. The van der Waals surface area contributed by atoms with E-state index in [0.717, 1.165) is 5.56 Å². The van der Waals surface area contributed by atoms with Gasteiger partial charge in [0.05, 0.1) is 0 Å². The summed E-state index contributed by atoms with van der Waals surface area (Å²) in [5.41, 5.74) is 1.53. The molecule has 84 valence electrons. The number of anilines is 1. The molecule has 0 saturated carbocycles. The van der Waals surface area contributed by atoms with Gasteiger partial charge in [0.1, 0.15) is 4.21 Å². The number of aryl methyl sites for hydroxylation is 1. The van der Waals surface area contributed by atoms with E-state index in [4.69, 9.17) is 0 Å². The molecule has 1 aromatic heterocycles. The van der Waals surface area contributed by atoms with Crippen molar-refractivity contribution in [3.63, 3.8) is 0 Å². The third-order valence-corrected chi connectivity index (χ3v) is 4.94. The third-order valence-electron chi connectivity index (χ3n) is 2.00. The number of hydrogen-bond acceptors (Lipinski definition) is 3. The molecule has 0 saturated heterocycles. The van der Waals surface area contributed by atoms with Crippen LogP contribution in [0.4, 0.5) is 5.69 Å². The maximum Gasteiger partial charge on any atom is 0.271 e. The first-order valence-corrected chi connectivity index (χ1v) is 7.07. The van der Waals surface area contributed by atoms with E-state index in [1.807, 2.05) is 18.4 Å². The molecule has 16 heavy (non-hydrogen) atoms. The predicted octanol–water partition coefficient (Wildman–Crippen LogP) is 2.86. The van der Waals surface area contributed by atoms with Crippen LogP contribution < -0.4 is 4.72 Å². The van der Waals surface area contributed by atoms with Crippen molar-refractivity contribution in [3.8, 4) is 0 Å². The summed E-state index contributed by atoms with van der Waals surface area (Å²) in [6, 6.07) is 10.5. The van der Waals surface area contributed by atoms with Crippen molar-refractivity contribution in [2.45, 2.75) is 11.1 Å². The fourth-order valence-corrected chi connectivity index (χ4v) is 3.55. The maximum atomic E-state index is 11.9. The second-order valence-electron chi connectivity index (χ2n) is 3.41. The van der Waals surface area contributed by atoms with Crippen LogP contribution in [0.5, 0.6) is 0 Å². The van der Waals surface area contributed by atoms with Crippen molar-refractivity contribution >= 4 is 27.0 Å². The molecule has 2 aromatic rings. The fourth-order valence-electron chi connectivity index (χ4n) is 1.26. The summed E-state index contributed by atoms with van der Waals surface area (Å²) in [5, 5.41) is 1.82. The molecule has 0 bridgehead atoms. The van der Waals surface area contributed by atoms with Gasteiger partial charge in [0.2, 0.25) is 0 Å². The van der Waals surface area contributed by atoms with E-state index in [1.165, 1.54) is 11.3 Å². The van der Waals surface area contributed by atoms with Crippen molar-refractivity contribution in [2.75, 3.05) is 4.72 Å². The summed E-state index contributed by atoms with van der Waals surface area (Å²) < 4.78 is 26.7. The topological polar surface area (TPSA) is 46.2 Å². The Hall–Kier alpha value is -1.33. The summed E-state index contributed by atoms with van der Waals surface area (Å²) in [4.78, 5) is 0. The van der Waals surface area contributed by atoms with E-state index in [-0.39, 0.29) is 0 Å². The molecule has 0 aliphatic rings. The number of para-hydroxylation sites is 1. The summed E-state index contributed by atoms with van der Waals surface area (Å²) in [5.74, 6) is 0. The molecule has 0 aliphatic carbocycles. The van der Waals surface area contributed by atoms with Crippen LogP contribution in [-0.2, 0) is 10.0 Å². The predicted molar refractivity (Wildman–Crippen MR) is 66.3 cm³/mol. The molecular weight excluding hydrogens is 242 g/mol. The first-order valence-electron chi connectivity index (χ1n) is 4.71. The SMILES string of the molecule is Cc1csc(S(=O)(=O)Nc2ccccc2)c1. The van der Waals surface area contributed by atoms with Crippen LogP contribution in [0.2, 0.25) is 0 Å². The zero-order valence-electron chi connectivity index (χ0n) is 8.67. The molecule has 1 N–H and O–H groups in total. The van der Waals surface area contributed by atoms with Crippen molar-refractivity contribution in [1.29, 1.82) is 0 Å². The van der Waals surface area contributed by atoms with Gasteiger partial charge in [-0.15, -0.1) is 11.3 Å². The number of sulfonamides is 1. The molecule has 2 rings (SSSR count). The fraction of sp³-hybridized carbons (Fsp3) is 0.0909. The highest BCUT2D eigenvalue weighted by Crippen LogP contribution is 2.22. The average Bonchev–Trinajstić information content (AvgIpc) is 2.66. The van der Waals surface area contributed by atoms with Crippen molar-refractivity contribution in [3.05, 3.63) is 47.3 Å². The van der Waals surface area contributed by atoms with E-state index < -0.39 is 10.0 Å². The zero-order valence-corrected chi connectivity index (χ0v) is 10.3. The minimum Gasteiger partial charge on any atom is -0.279 e. The zero-order chi connectivity index (χ0) is 11.6. The molecule has 0 fully saturated rings. The van der Waals surface area contributed by atoms with Gasteiger partial charge in [0.15, 0.2) is 0 Å². The summed E-state index contributed by atoms with van der Waals surface area (Å²) in [7, 11) is -3.42. The Morgan fingerprint density at radius 1 is 1.19 bits per heavy atom. The highest BCUT2D eigenvalue weighted by Gasteiger charge is 2.15. The van der Waals surface area contributed by atoms with E-state index in [9.17, 15) is 8.42 Å². The Morgan fingerprint density at radius 2 is 1.88 bits per heavy atom. The van der Waals surface area contributed by atoms with E-state index in [0.29, 0.717) is 9.90 Å². The monoisotopic (exact) mass is 253 g/mol. The molecular formula is C11H11NO2S2. The van der Waals surface area contributed by atoms with Gasteiger partial charge in [0, 0.05) is 5.69 Å². The number of rotatable bonds is 3. The smallest absolute Gasteiger partial charge is 0.271 e. The molecule has 0 radical (unpaired) electrons. The highest BCUT2D eigenvalue weighted by atomic mass is 32.2. The van der Waals surface area contributed by atoms with Gasteiger partial charge in [-0.05, 0) is 36.1 Å². The second-order valence-corrected chi connectivity index (χ2v) is 6.24. The molecule has 1 heterocycles. The van der Waals surface area contributed by atoms with Gasteiger partial charge >= 0.3 is 0 Å². The van der Waals surface area contributed by atoms with Crippen molar-refractivity contribution in [1.82, 2.24) is 0 Å². The second kappa shape index (κ2) is 4.27. The summed E-state index contributed by atoms with van der Waals surface area (Å²) in [6.07, 6.45) is 0. The van der Waals surface area contributed by atoms with Crippen LogP contribution >= 0.6 is 11.3 Å². The van der Waals surface area contributed by atoms with Gasteiger partial charge < -0.3 is 0 Å². The third kappa shape index (κ3) is 2.43. The molecule has 0 aliphatic heterocycles. The minimum absolute atomic E-state index is 0.342. The van der Waals surface area contributed by atoms with Gasteiger partial charge in [-0.2, -0.15) is 0 Å². The minimum atomic E-state index is -3.42. The maximum absolute atomic E-state index is 11.9. The Kier molecular flexibility index (Phi) is 2.98. The van der Waals surface area contributed by atoms with Crippen LogP contribution in [-0.4, -0.2) is 8.42 Å². The largest absolute Gasteiger partial charge is 0.279 e.